The van der Waals surface area contributed by atoms with E-state index in [0.29, 0.717) is 28.6 Å². The zero-order valence-electron chi connectivity index (χ0n) is 22.3. The molecule has 0 radical (unpaired) electrons. The van der Waals surface area contributed by atoms with Gasteiger partial charge in [0.1, 0.15) is 6.04 Å². The number of anilines is 1. The molecule has 9 nitrogen and oxygen atoms in total. The molecule has 1 aliphatic heterocycles. The Labute approximate surface area is 230 Å². The number of carbonyl (C=O) groups excluding carboxylic acids is 2. The highest BCUT2D eigenvalue weighted by Crippen LogP contribution is 2.36. The molecule has 1 heterocycles. The number of amides is 2. The van der Waals surface area contributed by atoms with Gasteiger partial charge in [-0.3, -0.25) is 13.9 Å². The Kier molecular flexibility index (Phi) is 10.3. The molecule has 3 rings (SSSR count). The monoisotopic (exact) mass is 565 g/mol. The fraction of sp³-hybridized carbons (Fsp3) is 0.481. The van der Waals surface area contributed by atoms with Crippen molar-refractivity contribution in [2.24, 2.45) is 0 Å². The fourth-order valence-corrected chi connectivity index (χ4v) is 5.27. The first-order valence-corrected chi connectivity index (χ1v) is 15.0. The first-order valence-electron chi connectivity index (χ1n) is 12.7. The maximum absolute atomic E-state index is 13.5. The van der Waals surface area contributed by atoms with Gasteiger partial charge in [-0.15, -0.1) is 0 Å². The SMILES string of the molecule is CC[C@H](C)NC(=O)[C@H](CC)N(Cc1ccc(Cl)cc1)C(=O)CCCN(c1ccc2c(c1)OCO2)S(C)(=O)=O. The lowest BCUT2D eigenvalue weighted by atomic mass is 10.1. The summed E-state index contributed by atoms with van der Waals surface area (Å²) in [4.78, 5) is 28.2. The number of benzene rings is 2. The average molecular weight is 566 g/mol. The zero-order chi connectivity index (χ0) is 27.9. The highest BCUT2D eigenvalue weighted by Gasteiger charge is 2.29. The molecule has 0 spiro atoms. The minimum absolute atomic E-state index is 0.0194. The van der Waals surface area contributed by atoms with Crippen LogP contribution in [0.3, 0.4) is 0 Å². The Morgan fingerprint density at radius 1 is 1.05 bits per heavy atom. The minimum atomic E-state index is -3.62. The van der Waals surface area contributed by atoms with Gasteiger partial charge in [0.05, 0.1) is 11.9 Å². The summed E-state index contributed by atoms with van der Waals surface area (Å²) < 4.78 is 37.1. The van der Waals surface area contributed by atoms with E-state index < -0.39 is 16.1 Å². The standard InChI is InChI=1S/C27H36ClN3O6S/c1-5-19(3)29-27(33)23(6-2)30(17-20-9-11-21(28)12-10-20)26(32)8-7-15-31(38(4,34)35)22-13-14-24-25(16-22)37-18-36-24/h9-14,16,19,23H,5-8,15,17-18H2,1-4H3,(H,29,33)/t19-,23-/m0/s1. The van der Waals surface area contributed by atoms with Crippen molar-refractivity contribution in [3.05, 3.63) is 53.1 Å². The van der Waals surface area contributed by atoms with E-state index in [9.17, 15) is 18.0 Å². The average Bonchev–Trinajstić information content (AvgIpc) is 3.34. The van der Waals surface area contributed by atoms with Crippen molar-refractivity contribution in [2.75, 3.05) is 23.9 Å². The number of fused-ring (bicyclic) bond motifs is 1. The number of nitrogens with one attached hydrogen (secondary N) is 1. The van der Waals surface area contributed by atoms with Crippen LogP contribution in [0.1, 0.15) is 52.0 Å². The number of rotatable bonds is 13. The molecule has 2 amide bonds. The van der Waals surface area contributed by atoms with Crippen LogP contribution in [0.5, 0.6) is 11.5 Å². The van der Waals surface area contributed by atoms with E-state index in [0.717, 1.165) is 18.2 Å². The molecular formula is C27H36ClN3O6S. The van der Waals surface area contributed by atoms with Crippen molar-refractivity contribution in [3.8, 4) is 11.5 Å². The van der Waals surface area contributed by atoms with Gasteiger partial charge >= 0.3 is 0 Å². The van der Waals surface area contributed by atoms with Crippen molar-refractivity contribution >= 4 is 39.1 Å². The van der Waals surface area contributed by atoms with Crippen LogP contribution in [0.15, 0.2) is 42.5 Å². The van der Waals surface area contributed by atoms with E-state index in [1.54, 1.807) is 35.2 Å². The van der Waals surface area contributed by atoms with Crippen LogP contribution in [0.25, 0.3) is 0 Å². The van der Waals surface area contributed by atoms with E-state index in [-0.39, 0.29) is 50.6 Å². The molecule has 0 saturated heterocycles. The lowest BCUT2D eigenvalue weighted by Gasteiger charge is -2.32. The van der Waals surface area contributed by atoms with Crippen LogP contribution >= 0.6 is 11.6 Å². The largest absolute Gasteiger partial charge is 0.454 e. The van der Waals surface area contributed by atoms with Crippen molar-refractivity contribution < 1.29 is 27.5 Å². The molecule has 2 atom stereocenters. The Morgan fingerprint density at radius 3 is 2.37 bits per heavy atom. The summed E-state index contributed by atoms with van der Waals surface area (Å²) in [6.07, 6.45) is 2.67. The molecule has 38 heavy (non-hydrogen) atoms. The Balaban J connectivity index is 1.76. The van der Waals surface area contributed by atoms with Gasteiger partial charge in [0.2, 0.25) is 28.6 Å². The van der Waals surface area contributed by atoms with E-state index in [2.05, 4.69) is 5.32 Å². The molecule has 0 bridgehead atoms. The molecule has 0 aliphatic carbocycles. The number of carbonyl (C=O) groups is 2. The van der Waals surface area contributed by atoms with E-state index in [1.165, 1.54) is 4.31 Å². The summed E-state index contributed by atoms with van der Waals surface area (Å²) >= 11 is 6.03. The van der Waals surface area contributed by atoms with Gasteiger partial charge in [0.25, 0.3) is 0 Å². The molecular weight excluding hydrogens is 530 g/mol. The zero-order valence-corrected chi connectivity index (χ0v) is 23.8. The molecule has 0 fully saturated rings. The number of hydrogen-bond acceptors (Lipinski definition) is 6. The maximum atomic E-state index is 13.5. The minimum Gasteiger partial charge on any atom is -0.454 e. The summed E-state index contributed by atoms with van der Waals surface area (Å²) in [6.45, 7) is 6.18. The second-order valence-electron chi connectivity index (χ2n) is 9.37. The van der Waals surface area contributed by atoms with Gasteiger partial charge in [-0.2, -0.15) is 0 Å². The van der Waals surface area contributed by atoms with E-state index >= 15 is 0 Å². The molecule has 2 aromatic carbocycles. The summed E-state index contributed by atoms with van der Waals surface area (Å²) in [5, 5.41) is 3.56. The summed E-state index contributed by atoms with van der Waals surface area (Å²) in [5.41, 5.74) is 1.28. The predicted octanol–water partition coefficient (Wildman–Crippen LogP) is 4.34. The fourth-order valence-electron chi connectivity index (χ4n) is 4.19. The van der Waals surface area contributed by atoms with E-state index in [4.69, 9.17) is 21.1 Å². The summed E-state index contributed by atoms with van der Waals surface area (Å²) in [6, 6.07) is 11.4. The van der Waals surface area contributed by atoms with Gasteiger partial charge in [0, 0.05) is 36.6 Å². The number of hydrogen-bond donors (Lipinski definition) is 1. The highest BCUT2D eigenvalue weighted by molar-refractivity contribution is 7.92. The van der Waals surface area contributed by atoms with Gasteiger partial charge in [-0.05, 0) is 56.0 Å². The number of ether oxygens (including phenoxy) is 2. The second-order valence-corrected chi connectivity index (χ2v) is 11.7. The summed E-state index contributed by atoms with van der Waals surface area (Å²) in [7, 11) is -3.62. The van der Waals surface area contributed by atoms with Crippen molar-refractivity contribution in [3.63, 3.8) is 0 Å². The lowest BCUT2D eigenvalue weighted by molar-refractivity contribution is -0.141. The molecule has 1 aliphatic rings. The first-order chi connectivity index (χ1) is 18.0. The third-order valence-corrected chi connectivity index (χ3v) is 7.90. The van der Waals surface area contributed by atoms with Crippen molar-refractivity contribution in [2.45, 2.75) is 65.1 Å². The number of nitrogens with zero attached hydrogens (tertiary/aromatic N) is 2. The molecule has 0 aromatic heterocycles. The Hall–Kier alpha value is -2.98. The van der Waals surface area contributed by atoms with Crippen molar-refractivity contribution in [1.82, 2.24) is 10.2 Å². The molecule has 0 unspecified atom stereocenters. The molecule has 1 N–H and O–H groups in total. The summed E-state index contributed by atoms with van der Waals surface area (Å²) in [5.74, 6) is 0.587. The highest BCUT2D eigenvalue weighted by atomic mass is 35.5. The Morgan fingerprint density at radius 2 is 1.74 bits per heavy atom. The second kappa shape index (κ2) is 13.2. The van der Waals surface area contributed by atoms with Gasteiger partial charge in [0.15, 0.2) is 11.5 Å². The van der Waals surface area contributed by atoms with E-state index in [1.807, 2.05) is 32.9 Å². The molecule has 208 valence electrons. The first kappa shape index (κ1) is 29.6. The van der Waals surface area contributed by atoms with Crippen LogP contribution < -0.4 is 19.1 Å². The van der Waals surface area contributed by atoms with Crippen LogP contribution in [0.2, 0.25) is 5.02 Å². The number of sulfonamides is 1. The quantitative estimate of drug-likeness (QED) is 0.387. The molecule has 11 heteroatoms. The topological polar surface area (TPSA) is 105 Å². The van der Waals surface area contributed by atoms with Gasteiger partial charge < -0.3 is 19.7 Å². The van der Waals surface area contributed by atoms with Crippen LogP contribution in [-0.4, -0.2) is 56.8 Å². The smallest absolute Gasteiger partial charge is 0.243 e. The van der Waals surface area contributed by atoms with Crippen LogP contribution in [-0.2, 0) is 26.2 Å². The third-order valence-electron chi connectivity index (χ3n) is 6.45. The Bertz CT molecular complexity index is 1220. The van der Waals surface area contributed by atoms with Gasteiger partial charge in [-0.1, -0.05) is 37.6 Å². The van der Waals surface area contributed by atoms with Gasteiger partial charge in [-0.25, -0.2) is 8.42 Å². The third kappa shape index (κ3) is 7.77. The normalized spacial score (nSPS) is 14.0. The van der Waals surface area contributed by atoms with Crippen LogP contribution in [0, 0.1) is 0 Å². The predicted molar refractivity (Wildman–Crippen MR) is 148 cm³/mol. The molecule has 2 aromatic rings. The molecule has 0 saturated carbocycles. The van der Waals surface area contributed by atoms with Crippen LogP contribution in [0.4, 0.5) is 5.69 Å². The van der Waals surface area contributed by atoms with Crippen molar-refractivity contribution in [1.29, 1.82) is 0 Å². The lowest BCUT2D eigenvalue weighted by Crippen LogP contribution is -2.50. The number of halogens is 1. The maximum Gasteiger partial charge on any atom is 0.243 e.